The molecule has 1 aromatic carbocycles. The van der Waals surface area contributed by atoms with E-state index in [1.807, 2.05) is 25.2 Å². The Hall–Kier alpha value is -2.17. The minimum atomic E-state index is 0.664. The van der Waals surface area contributed by atoms with Crippen LogP contribution in [0.4, 0.5) is 11.5 Å². The van der Waals surface area contributed by atoms with Crippen molar-refractivity contribution >= 4 is 11.5 Å². The summed E-state index contributed by atoms with van der Waals surface area (Å²) in [5, 5.41) is 4.52. The third-order valence-corrected chi connectivity index (χ3v) is 4.09. The highest BCUT2D eigenvalue weighted by Gasteiger charge is 2.18. The van der Waals surface area contributed by atoms with Gasteiger partial charge in [-0.15, -0.1) is 0 Å². The van der Waals surface area contributed by atoms with Crippen molar-refractivity contribution in [1.29, 1.82) is 0 Å². The largest absolute Gasteiger partial charge is 0.497 e. The summed E-state index contributed by atoms with van der Waals surface area (Å²) in [5.74, 6) is 1.51. The van der Waals surface area contributed by atoms with Gasteiger partial charge in [-0.3, -0.25) is 4.68 Å². The summed E-state index contributed by atoms with van der Waals surface area (Å²) < 4.78 is 7.07. The SMILES string of the molecule is COc1ccc(N2CCCCC2)c(-c2cc(N)n(C)n2)c1. The van der Waals surface area contributed by atoms with Gasteiger partial charge in [-0.1, -0.05) is 0 Å². The predicted molar refractivity (Wildman–Crippen MR) is 85.7 cm³/mol. The Morgan fingerprint density at radius 1 is 1.14 bits per heavy atom. The maximum atomic E-state index is 5.93. The van der Waals surface area contributed by atoms with Gasteiger partial charge < -0.3 is 15.4 Å². The van der Waals surface area contributed by atoms with Crippen LogP contribution in [0, 0.1) is 0 Å². The third kappa shape index (κ3) is 2.68. The molecule has 0 aliphatic carbocycles. The van der Waals surface area contributed by atoms with Gasteiger partial charge in [0, 0.05) is 37.5 Å². The van der Waals surface area contributed by atoms with Crippen LogP contribution >= 0.6 is 0 Å². The van der Waals surface area contributed by atoms with Crippen molar-refractivity contribution in [3.05, 3.63) is 24.3 Å². The minimum absolute atomic E-state index is 0.664. The smallest absolute Gasteiger partial charge is 0.121 e. The summed E-state index contributed by atoms with van der Waals surface area (Å²) in [4.78, 5) is 2.43. The van der Waals surface area contributed by atoms with Crippen LogP contribution in [0.2, 0.25) is 0 Å². The molecule has 5 nitrogen and oxygen atoms in total. The highest BCUT2D eigenvalue weighted by Crippen LogP contribution is 2.35. The van der Waals surface area contributed by atoms with Crippen LogP contribution in [-0.2, 0) is 7.05 Å². The maximum Gasteiger partial charge on any atom is 0.121 e. The Kier molecular flexibility index (Phi) is 3.73. The van der Waals surface area contributed by atoms with Gasteiger partial charge in [-0.05, 0) is 37.5 Å². The van der Waals surface area contributed by atoms with Gasteiger partial charge in [0.25, 0.3) is 0 Å². The van der Waals surface area contributed by atoms with E-state index in [-0.39, 0.29) is 0 Å². The van der Waals surface area contributed by atoms with E-state index in [0.29, 0.717) is 5.82 Å². The predicted octanol–water partition coefficient (Wildman–Crippen LogP) is 2.67. The van der Waals surface area contributed by atoms with E-state index < -0.39 is 0 Å². The molecule has 2 heterocycles. The quantitative estimate of drug-likeness (QED) is 0.942. The van der Waals surface area contributed by atoms with Crippen molar-refractivity contribution in [2.24, 2.45) is 7.05 Å². The molecule has 2 aromatic rings. The number of rotatable bonds is 3. The van der Waals surface area contributed by atoms with Gasteiger partial charge in [0.15, 0.2) is 0 Å². The van der Waals surface area contributed by atoms with Crippen molar-refractivity contribution in [1.82, 2.24) is 9.78 Å². The van der Waals surface area contributed by atoms with Crippen LogP contribution in [0.25, 0.3) is 11.3 Å². The van der Waals surface area contributed by atoms with Gasteiger partial charge in [-0.2, -0.15) is 5.10 Å². The molecule has 0 saturated carbocycles. The van der Waals surface area contributed by atoms with E-state index in [4.69, 9.17) is 10.5 Å². The molecule has 0 bridgehead atoms. The molecule has 1 fully saturated rings. The summed E-state index contributed by atoms with van der Waals surface area (Å²) >= 11 is 0. The summed E-state index contributed by atoms with van der Waals surface area (Å²) in [7, 11) is 3.55. The lowest BCUT2D eigenvalue weighted by molar-refractivity contribution is 0.415. The molecule has 3 rings (SSSR count). The van der Waals surface area contributed by atoms with E-state index in [9.17, 15) is 0 Å². The molecule has 112 valence electrons. The van der Waals surface area contributed by atoms with Crippen molar-refractivity contribution in [3.63, 3.8) is 0 Å². The first-order chi connectivity index (χ1) is 10.2. The Morgan fingerprint density at radius 2 is 1.90 bits per heavy atom. The zero-order valence-electron chi connectivity index (χ0n) is 12.7. The van der Waals surface area contributed by atoms with Crippen molar-refractivity contribution in [3.8, 4) is 17.0 Å². The number of hydrogen-bond donors (Lipinski definition) is 1. The van der Waals surface area contributed by atoms with Gasteiger partial charge in [-0.25, -0.2) is 0 Å². The van der Waals surface area contributed by atoms with Crippen molar-refractivity contribution in [2.45, 2.75) is 19.3 Å². The molecular formula is C16H22N4O. The number of piperidine rings is 1. The molecule has 2 N–H and O–H groups in total. The van der Waals surface area contributed by atoms with Crippen molar-refractivity contribution in [2.75, 3.05) is 30.8 Å². The molecule has 21 heavy (non-hydrogen) atoms. The second kappa shape index (κ2) is 5.68. The second-order valence-electron chi connectivity index (χ2n) is 5.51. The van der Waals surface area contributed by atoms with E-state index >= 15 is 0 Å². The Balaban J connectivity index is 2.06. The fourth-order valence-corrected chi connectivity index (χ4v) is 2.87. The number of hydrogen-bond acceptors (Lipinski definition) is 4. The van der Waals surface area contributed by atoms with Gasteiger partial charge in [0.05, 0.1) is 12.8 Å². The van der Waals surface area contributed by atoms with Crippen LogP contribution in [0.3, 0.4) is 0 Å². The van der Waals surface area contributed by atoms with E-state index in [0.717, 1.165) is 30.1 Å². The molecule has 1 saturated heterocycles. The van der Waals surface area contributed by atoms with Crippen LogP contribution in [0.1, 0.15) is 19.3 Å². The Bertz CT molecular complexity index is 610. The average molecular weight is 286 g/mol. The maximum absolute atomic E-state index is 5.93. The highest BCUT2D eigenvalue weighted by molar-refractivity contribution is 5.79. The number of nitrogen functional groups attached to an aromatic ring is 1. The van der Waals surface area contributed by atoms with Crippen LogP contribution in [-0.4, -0.2) is 30.0 Å². The normalized spacial score (nSPS) is 15.2. The van der Waals surface area contributed by atoms with Gasteiger partial charge >= 0.3 is 0 Å². The first-order valence-electron chi connectivity index (χ1n) is 7.42. The monoisotopic (exact) mass is 286 g/mol. The first kappa shape index (κ1) is 13.8. The summed E-state index contributed by atoms with van der Waals surface area (Å²) in [6, 6.07) is 8.11. The molecular weight excluding hydrogens is 264 g/mol. The molecule has 0 spiro atoms. The number of nitrogens with zero attached hydrogens (tertiary/aromatic N) is 3. The molecule has 0 amide bonds. The highest BCUT2D eigenvalue weighted by atomic mass is 16.5. The molecule has 0 atom stereocenters. The number of aromatic nitrogens is 2. The molecule has 1 aliphatic heterocycles. The van der Waals surface area contributed by atoms with Crippen LogP contribution in [0.15, 0.2) is 24.3 Å². The zero-order chi connectivity index (χ0) is 14.8. The molecule has 1 aliphatic rings. The molecule has 5 heteroatoms. The number of anilines is 2. The Labute approximate surface area is 125 Å². The van der Waals surface area contributed by atoms with E-state index in [1.54, 1.807) is 11.8 Å². The van der Waals surface area contributed by atoms with Gasteiger partial charge in [0.1, 0.15) is 11.6 Å². The van der Waals surface area contributed by atoms with Gasteiger partial charge in [0.2, 0.25) is 0 Å². The summed E-state index contributed by atoms with van der Waals surface area (Å²) in [5.41, 5.74) is 9.13. The summed E-state index contributed by atoms with van der Waals surface area (Å²) in [6.45, 7) is 2.20. The fourth-order valence-electron chi connectivity index (χ4n) is 2.87. The summed E-state index contributed by atoms with van der Waals surface area (Å²) in [6.07, 6.45) is 3.81. The molecule has 0 unspecified atom stereocenters. The molecule has 0 radical (unpaired) electrons. The topological polar surface area (TPSA) is 56.3 Å². The number of methoxy groups -OCH3 is 1. The lowest BCUT2D eigenvalue weighted by Crippen LogP contribution is -2.29. The molecule has 1 aromatic heterocycles. The number of benzene rings is 1. The average Bonchev–Trinajstić information content (AvgIpc) is 2.87. The van der Waals surface area contributed by atoms with E-state index in [1.165, 1.54) is 24.9 Å². The number of nitrogens with two attached hydrogens (primary N) is 1. The lowest BCUT2D eigenvalue weighted by atomic mass is 10.0. The third-order valence-electron chi connectivity index (χ3n) is 4.09. The standard InChI is InChI=1S/C16H22N4O/c1-19-16(17)11-14(18-19)13-10-12(21-2)6-7-15(13)20-8-4-3-5-9-20/h6-7,10-11H,3-5,8-9,17H2,1-2H3. The second-order valence-corrected chi connectivity index (χ2v) is 5.51. The fraction of sp³-hybridized carbons (Fsp3) is 0.438. The Morgan fingerprint density at radius 3 is 2.52 bits per heavy atom. The van der Waals surface area contributed by atoms with Crippen LogP contribution in [0.5, 0.6) is 5.75 Å². The number of ether oxygens (including phenoxy) is 1. The van der Waals surface area contributed by atoms with E-state index in [2.05, 4.69) is 16.1 Å². The minimum Gasteiger partial charge on any atom is -0.497 e. The van der Waals surface area contributed by atoms with Crippen molar-refractivity contribution < 1.29 is 4.74 Å². The zero-order valence-corrected chi connectivity index (χ0v) is 12.7. The number of aryl methyl sites for hydroxylation is 1. The lowest BCUT2D eigenvalue weighted by Gasteiger charge is -2.30. The first-order valence-corrected chi connectivity index (χ1v) is 7.42. The van der Waals surface area contributed by atoms with Crippen LogP contribution < -0.4 is 15.4 Å².